The van der Waals surface area contributed by atoms with Crippen LogP contribution >= 0.6 is 34.3 Å². The van der Waals surface area contributed by atoms with Crippen molar-refractivity contribution < 1.29 is 4.79 Å². The number of carbonyl (C=O) groups excluding carboxylic acids is 1. The van der Waals surface area contributed by atoms with Gasteiger partial charge in [0.05, 0.1) is 11.7 Å². The van der Waals surface area contributed by atoms with Gasteiger partial charge < -0.3 is 5.32 Å². The van der Waals surface area contributed by atoms with Crippen molar-refractivity contribution in [2.75, 3.05) is 0 Å². The summed E-state index contributed by atoms with van der Waals surface area (Å²) >= 11 is 8.94. The maximum atomic E-state index is 13.0. The highest BCUT2D eigenvalue weighted by atomic mass is 35.5. The molecule has 0 aliphatic carbocycles. The zero-order chi connectivity index (χ0) is 19.7. The van der Waals surface area contributed by atoms with Gasteiger partial charge in [-0.05, 0) is 36.8 Å². The number of hydrogen-bond acceptors (Lipinski definition) is 5. The molecule has 0 saturated carbocycles. The maximum Gasteiger partial charge on any atom is 0.263 e. The zero-order valence-electron chi connectivity index (χ0n) is 14.9. The minimum Gasteiger partial charge on any atom is -0.350 e. The molecule has 0 spiro atoms. The molecule has 0 fully saturated rings. The highest BCUT2D eigenvalue weighted by molar-refractivity contribution is 7.19. The van der Waals surface area contributed by atoms with Crippen molar-refractivity contribution in [3.05, 3.63) is 73.9 Å². The molecule has 3 heterocycles. The molecule has 8 heteroatoms. The average molecular weight is 430 g/mol. The highest BCUT2D eigenvalue weighted by Crippen LogP contribution is 2.34. The summed E-state index contributed by atoms with van der Waals surface area (Å²) < 4.78 is 1.36. The third-order valence-corrected chi connectivity index (χ3v) is 6.46. The van der Waals surface area contributed by atoms with Gasteiger partial charge in [0.25, 0.3) is 5.56 Å². The molecular weight excluding hydrogens is 414 g/mol. The molecule has 0 radical (unpaired) electrons. The van der Waals surface area contributed by atoms with Crippen LogP contribution in [-0.2, 0) is 17.9 Å². The van der Waals surface area contributed by atoms with E-state index in [0.29, 0.717) is 21.8 Å². The molecule has 4 aromatic rings. The van der Waals surface area contributed by atoms with Gasteiger partial charge in [0.15, 0.2) is 0 Å². The Labute approximate surface area is 174 Å². The molecule has 0 bridgehead atoms. The molecule has 3 aromatic heterocycles. The Morgan fingerprint density at radius 1 is 1.21 bits per heavy atom. The second kappa shape index (κ2) is 7.87. The van der Waals surface area contributed by atoms with Crippen LogP contribution in [0.3, 0.4) is 0 Å². The predicted octanol–water partition coefficient (Wildman–Crippen LogP) is 4.46. The molecule has 0 aliphatic heterocycles. The number of thiophene rings is 2. The fraction of sp³-hybridized carbons (Fsp3) is 0.150. The largest absolute Gasteiger partial charge is 0.350 e. The minimum atomic E-state index is -0.248. The Hall–Kier alpha value is -2.48. The number of aryl methyl sites for hydroxylation is 1. The molecule has 28 heavy (non-hydrogen) atoms. The number of amides is 1. The minimum absolute atomic E-state index is 0.0753. The predicted molar refractivity (Wildman–Crippen MR) is 115 cm³/mol. The number of halogens is 1. The van der Waals surface area contributed by atoms with Gasteiger partial charge in [-0.25, -0.2) is 4.98 Å². The van der Waals surface area contributed by atoms with Gasteiger partial charge in [-0.1, -0.05) is 23.7 Å². The van der Waals surface area contributed by atoms with E-state index >= 15 is 0 Å². The molecule has 142 valence electrons. The van der Waals surface area contributed by atoms with Gasteiger partial charge >= 0.3 is 0 Å². The highest BCUT2D eigenvalue weighted by Gasteiger charge is 2.15. The molecule has 1 aromatic carbocycles. The van der Waals surface area contributed by atoms with E-state index in [9.17, 15) is 9.59 Å². The summed E-state index contributed by atoms with van der Waals surface area (Å²) in [5, 5.41) is 5.99. The van der Waals surface area contributed by atoms with Crippen molar-refractivity contribution in [2.45, 2.75) is 20.0 Å². The van der Waals surface area contributed by atoms with E-state index < -0.39 is 0 Å². The zero-order valence-corrected chi connectivity index (χ0v) is 17.3. The number of rotatable bonds is 5. The number of fused-ring (bicyclic) bond motifs is 1. The topological polar surface area (TPSA) is 64.0 Å². The van der Waals surface area contributed by atoms with Gasteiger partial charge in [-0.2, -0.15) is 0 Å². The molecule has 0 atom stereocenters. The molecule has 4 rings (SSSR count). The quantitative estimate of drug-likeness (QED) is 0.509. The van der Waals surface area contributed by atoms with Crippen LogP contribution in [0.25, 0.3) is 20.7 Å². The second-order valence-electron chi connectivity index (χ2n) is 6.32. The van der Waals surface area contributed by atoms with Gasteiger partial charge in [-0.3, -0.25) is 14.2 Å². The van der Waals surface area contributed by atoms with Crippen LogP contribution in [0.2, 0.25) is 5.02 Å². The second-order valence-corrected chi connectivity index (χ2v) is 8.90. The van der Waals surface area contributed by atoms with E-state index in [-0.39, 0.29) is 18.0 Å². The molecular formula is C20H16ClN3O2S2. The summed E-state index contributed by atoms with van der Waals surface area (Å²) in [7, 11) is 0. The molecule has 1 amide bonds. The standard InChI is InChI=1S/C20H16ClN3O2S2/c1-12-2-7-16(28-12)15-10-27-19-18(15)20(26)24(11-23-19)9-17(25)22-8-13-3-5-14(21)6-4-13/h2-7,10-11H,8-9H2,1H3,(H,22,25). The van der Waals surface area contributed by atoms with Crippen LogP contribution < -0.4 is 10.9 Å². The summed E-state index contributed by atoms with van der Waals surface area (Å²) in [4.78, 5) is 32.6. The van der Waals surface area contributed by atoms with Gasteiger partial charge in [-0.15, -0.1) is 22.7 Å². The first-order valence-corrected chi connectivity index (χ1v) is 10.6. The lowest BCUT2D eigenvalue weighted by atomic mass is 10.2. The lowest BCUT2D eigenvalue weighted by Gasteiger charge is -2.08. The first kappa shape index (κ1) is 18.9. The lowest BCUT2D eigenvalue weighted by Crippen LogP contribution is -2.32. The Balaban J connectivity index is 1.55. The Morgan fingerprint density at radius 3 is 2.71 bits per heavy atom. The van der Waals surface area contributed by atoms with Crippen molar-refractivity contribution in [3.63, 3.8) is 0 Å². The normalized spacial score (nSPS) is 11.1. The van der Waals surface area contributed by atoms with Gasteiger partial charge in [0.1, 0.15) is 11.4 Å². The van der Waals surface area contributed by atoms with Crippen LogP contribution in [0, 0.1) is 6.92 Å². The molecule has 5 nitrogen and oxygen atoms in total. The average Bonchev–Trinajstić information content (AvgIpc) is 3.30. The van der Waals surface area contributed by atoms with E-state index in [1.165, 1.54) is 27.1 Å². The number of aromatic nitrogens is 2. The van der Waals surface area contributed by atoms with Crippen LogP contribution in [-0.4, -0.2) is 15.5 Å². The summed E-state index contributed by atoms with van der Waals surface area (Å²) in [5.41, 5.74) is 1.62. The summed E-state index contributed by atoms with van der Waals surface area (Å²) in [5.74, 6) is -0.248. The van der Waals surface area contributed by atoms with E-state index in [4.69, 9.17) is 11.6 Å². The van der Waals surface area contributed by atoms with Crippen LogP contribution in [0.5, 0.6) is 0 Å². The first-order valence-electron chi connectivity index (χ1n) is 8.56. The Morgan fingerprint density at radius 2 is 2.00 bits per heavy atom. The van der Waals surface area contributed by atoms with E-state index in [0.717, 1.165) is 16.0 Å². The van der Waals surface area contributed by atoms with Gasteiger partial charge in [0, 0.05) is 32.3 Å². The number of nitrogens with zero attached hydrogens (tertiary/aromatic N) is 2. The Kier molecular flexibility index (Phi) is 5.30. The van der Waals surface area contributed by atoms with Crippen LogP contribution in [0.15, 0.2) is 52.9 Å². The van der Waals surface area contributed by atoms with Gasteiger partial charge in [0.2, 0.25) is 5.91 Å². The molecule has 0 aliphatic rings. The number of hydrogen-bond donors (Lipinski definition) is 1. The van der Waals surface area contributed by atoms with Crippen molar-refractivity contribution in [1.82, 2.24) is 14.9 Å². The SMILES string of the molecule is Cc1ccc(-c2csc3ncn(CC(=O)NCc4ccc(Cl)cc4)c(=O)c23)s1. The molecule has 0 saturated heterocycles. The molecule has 0 unspecified atom stereocenters. The van der Waals surface area contributed by atoms with Crippen LogP contribution in [0.4, 0.5) is 0 Å². The van der Waals surface area contributed by atoms with E-state index in [2.05, 4.69) is 10.3 Å². The van der Waals surface area contributed by atoms with Crippen molar-refractivity contribution >= 4 is 50.4 Å². The van der Waals surface area contributed by atoms with E-state index in [1.54, 1.807) is 23.5 Å². The molecule has 1 N–H and O–H groups in total. The smallest absolute Gasteiger partial charge is 0.263 e. The lowest BCUT2D eigenvalue weighted by molar-refractivity contribution is -0.121. The summed E-state index contributed by atoms with van der Waals surface area (Å²) in [6, 6.07) is 11.3. The monoisotopic (exact) mass is 429 g/mol. The van der Waals surface area contributed by atoms with Crippen molar-refractivity contribution in [1.29, 1.82) is 0 Å². The maximum absolute atomic E-state index is 13.0. The van der Waals surface area contributed by atoms with E-state index in [1.807, 2.05) is 36.6 Å². The third-order valence-electron chi connectivity index (χ3n) is 4.28. The number of nitrogens with one attached hydrogen (secondary N) is 1. The third kappa shape index (κ3) is 3.87. The summed E-state index contributed by atoms with van der Waals surface area (Å²) in [6.07, 6.45) is 1.44. The first-order chi connectivity index (χ1) is 13.5. The fourth-order valence-corrected chi connectivity index (χ4v) is 4.84. The fourth-order valence-electron chi connectivity index (χ4n) is 2.85. The summed E-state index contributed by atoms with van der Waals surface area (Å²) in [6.45, 7) is 2.33. The van der Waals surface area contributed by atoms with Crippen LogP contribution in [0.1, 0.15) is 10.4 Å². The van der Waals surface area contributed by atoms with Crippen molar-refractivity contribution in [2.24, 2.45) is 0 Å². The Bertz CT molecular complexity index is 1210. The number of carbonyl (C=O) groups is 1. The van der Waals surface area contributed by atoms with Crippen molar-refractivity contribution in [3.8, 4) is 10.4 Å². The number of benzene rings is 1.